The normalized spacial score (nSPS) is 18.2. The molecule has 1 saturated heterocycles. The van der Waals surface area contributed by atoms with Gasteiger partial charge in [0.15, 0.2) is 5.78 Å². The van der Waals surface area contributed by atoms with Crippen molar-refractivity contribution < 1.29 is 14.4 Å². The lowest BCUT2D eigenvalue weighted by Gasteiger charge is -2.32. The molecule has 1 aromatic carbocycles. The highest BCUT2D eigenvalue weighted by molar-refractivity contribution is 7.18. The Hall–Kier alpha value is -2.38. The molecule has 2 heterocycles. The van der Waals surface area contributed by atoms with E-state index in [0.29, 0.717) is 43.2 Å². The summed E-state index contributed by atoms with van der Waals surface area (Å²) in [6, 6.07) is 6.30. The fourth-order valence-electron chi connectivity index (χ4n) is 6.28. The minimum atomic E-state index is -0.463. The lowest BCUT2D eigenvalue weighted by atomic mass is 9.81. The number of fused-ring (bicyclic) bond motifs is 1. The van der Waals surface area contributed by atoms with Gasteiger partial charge < -0.3 is 10.1 Å². The monoisotopic (exact) mass is 565 g/mol. The number of amides is 1. The van der Waals surface area contributed by atoms with Crippen molar-refractivity contribution in [3.05, 3.63) is 40.9 Å². The average molecular weight is 566 g/mol. The number of hydrogen-bond donors (Lipinski definition) is 1. The summed E-state index contributed by atoms with van der Waals surface area (Å²) in [7, 11) is 0. The number of Topliss-reactive ketones (excluding diaryl/α,β-unsaturated/α-hetero) is 2. The van der Waals surface area contributed by atoms with Crippen LogP contribution >= 0.6 is 11.3 Å². The number of likely N-dealkylation sites (tertiary alicyclic amines) is 1. The fraction of sp³-hybridized carbons (Fsp3) is 0.636. The van der Waals surface area contributed by atoms with Gasteiger partial charge in [-0.15, -0.1) is 11.3 Å². The number of thiazole rings is 1. The standard InChI is InChI=1S/C33H47N3O3S/c1-22(2)26-12-13-29-31(19-26)40-32(34-29)20-27(18-24(4)37)33(39)35-28(25-10-6-5-7-11-25)14-15-30(38)23(3)21-36-16-8-9-17-36/h12-13,19,22,25,27-28H,3,5-11,14-18,20-21H2,1-2,4H3,(H,35,39)/t27-,28+/m0/s1. The van der Waals surface area contributed by atoms with Crippen LogP contribution in [0.1, 0.15) is 101 Å². The number of ketones is 2. The maximum absolute atomic E-state index is 13.7. The van der Waals surface area contributed by atoms with Crippen LogP contribution in [0.3, 0.4) is 0 Å². The van der Waals surface area contributed by atoms with Gasteiger partial charge in [-0.25, -0.2) is 4.98 Å². The molecule has 0 bridgehead atoms. The Kier molecular flexibility index (Phi) is 11.1. The van der Waals surface area contributed by atoms with Crippen LogP contribution in [0.15, 0.2) is 30.4 Å². The van der Waals surface area contributed by atoms with Gasteiger partial charge in [0.2, 0.25) is 5.91 Å². The van der Waals surface area contributed by atoms with Gasteiger partial charge in [0.25, 0.3) is 0 Å². The van der Waals surface area contributed by atoms with Gasteiger partial charge in [0, 0.05) is 37.4 Å². The minimum absolute atomic E-state index is 0.00552. The molecule has 1 saturated carbocycles. The zero-order valence-corrected chi connectivity index (χ0v) is 25.5. The summed E-state index contributed by atoms with van der Waals surface area (Å²) >= 11 is 1.62. The van der Waals surface area contributed by atoms with Gasteiger partial charge in [0.1, 0.15) is 5.78 Å². The molecule has 218 valence electrons. The number of nitrogens with zero attached hydrogens (tertiary/aromatic N) is 2. The molecular weight excluding hydrogens is 518 g/mol. The molecule has 2 fully saturated rings. The van der Waals surface area contributed by atoms with E-state index in [0.717, 1.165) is 54.0 Å². The minimum Gasteiger partial charge on any atom is -0.353 e. The first-order valence-electron chi connectivity index (χ1n) is 15.3. The molecule has 1 N–H and O–H groups in total. The van der Waals surface area contributed by atoms with Crippen molar-refractivity contribution in [1.82, 2.24) is 15.2 Å². The predicted octanol–water partition coefficient (Wildman–Crippen LogP) is 6.62. The van der Waals surface area contributed by atoms with Crippen molar-refractivity contribution >= 4 is 39.0 Å². The van der Waals surface area contributed by atoms with E-state index >= 15 is 0 Å². The van der Waals surface area contributed by atoms with Crippen molar-refractivity contribution in [3.8, 4) is 0 Å². The number of hydrogen-bond acceptors (Lipinski definition) is 6. The summed E-state index contributed by atoms with van der Waals surface area (Å²) in [6.45, 7) is 12.7. The van der Waals surface area contributed by atoms with E-state index in [-0.39, 0.29) is 29.9 Å². The maximum atomic E-state index is 13.7. The second-order valence-corrected chi connectivity index (χ2v) is 13.5. The molecule has 40 heavy (non-hydrogen) atoms. The van der Waals surface area contributed by atoms with E-state index in [4.69, 9.17) is 4.98 Å². The molecule has 1 aliphatic carbocycles. The Morgan fingerprint density at radius 3 is 2.50 bits per heavy atom. The third kappa shape index (κ3) is 8.56. The molecule has 0 radical (unpaired) electrons. The van der Waals surface area contributed by atoms with Crippen LogP contribution in [0.4, 0.5) is 0 Å². The third-order valence-corrected chi connectivity index (χ3v) is 9.73. The highest BCUT2D eigenvalue weighted by Crippen LogP contribution is 2.31. The molecule has 0 spiro atoms. The molecule has 1 amide bonds. The van der Waals surface area contributed by atoms with Gasteiger partial charge in [-0.3, -0.25) is 14.5 Å². The van der Waals surface area contributed by atoms with Gasteiger partial charge >= 0.3 is 0 Å². The molecule has 7 heteroatoms. The van der Waals surface area contributed by atoms with E-state index in [1.165, 1.54) is 24.8 Å². The molecule has 1 aliphatic heterocycles. The van der Waals surface area contributed by atoms with Crippen LogP contribution in [0, 0.1) is 11.8 Å². The zero-order valence-electron chi connectivity index (χ0n) is 24.7. The highest BCUT2D eigenvalue weighted by atomic mass is 32.1. The SMILES string of the molecule is C=C(CN1CCCC1)C(=O)CC[C@@H](NC(=O)[C@@H](CC(C)=O)Cc1nc2ccc(C(C)C)cc2s1)C1CCCCC1. The van der Waals surface area contributed by atoms with Crippen molar-refractivity contribution in [2.75, 3.05) is 19.6 Å². The Morgan fingerprint density at radius 1 is 1.10 bits per heavy atom. The summed E-state index contributed by atoms with van der Waals surface area (Å²) in [5.41, 5.74) is 2.90. The van der Waals surface area contributed by atoms with Crippen LogP contribution in [0.25, 0.3) is 10.2 Å². The second-order valence-electron chi connectivity index (χ2n) is 12.4. The lowest BCUT2D eigenvalue weighted by Crippen LogP contribution is -2.45. The van der Waals surface area contributed by atoms with E-state index in [9.17, 15) is 14.4 Å². The van der Waals surface area contributed by atoms with Gasteiger partial charge in [-0.05, 0) is 81.6 Å². The predicted molar refractivity (Wildman–Crippen MR) is 164 cm³/mol. The van der Waals surface area contributed by atoms with E-state index in [1.807, 2.05) is 0 Å². The molecular formula is C33H47N3O3S. The summed E-state index contributed by atoms with van der Waals surface area (Å²) in [5, 5.41) is 4.22. The number of aromatic nitrogens is 1. The van der Waals surface area contributed by atoms with Crippen molar-refractivity contribution in [2.45, 2.75) is 103 Å². The molecule has 2 aromatic rings. The molecule has 0 unspecified atom stereocenters. The number of rotatable bonds is 14. The van der Waals surface area contributed by atoms with Crippen molar-refractivity contribution in [2.24, 2.45) is 11.8 Å². The fourth-order valence-corrected chi connectivity index (χ4v) is 7.37. The summed E-state index contributed by atoms with van der Waals surface area (Å²) < 4.78 is 1.12. The first-order chi connectivity index (χ1) is 19.2. The molecule has 2 atom stereocenters. The topological polar surface area (TPSA) is 79.4 Å². The third-order valence-electron chi connectivity index (χ3n) is 8.69. The Balaban J connectivity index is 1.43. The average Bonchev–Trinajstić information content (AvgIpc) is 3.59. The smallest absolute Gasteiger partial charge is 0.224 e. The summed E-state index contributed by atoms with van der Waals surface area (Å²) in [5.74, 6) is 0.369. The quantitative estimate of drug-likeness (QED) is 0.260. The molecule has 2 aliphatic rings. The number of benzene rings is 1. The number of carbonyl (C=O) groups is 3. The molecule has 1 aromatic heterocycles. The second kappa shape index (κ2) is 14.5. The van der Waals surface area contributed by atoms with Crippen LogP contribution in [0.5, 0.6) is 0 Å². The number of nitrogens with one attached hydrogen (secondary N) is 1. The van der Waals surface area contributed by atoms with Gasteiger partial charge in [-0.1, -0.05) is 45.8 Å². The summed E-state index contributed by atoms with van der Waals surface area (Å²) in [4.78, 5) is 46.0. The van der Waals surface area contributed by atoms with Crippen LogP contribution < -0.4 is 5.32 Å². The largest absolute Gasteiger partial charge is 0.353 e. The van der Waals surface area contributed by atoms with Crippen LogP contribution in [-0.2, 0) is 20.8 Å². The van der Waals surface area contributed by atoms with Gasteiger partial charge in [-0.2, -0.15) is 0 Å². The van der Waals surface area contributed by atoms with E-state index in [2.05, 4.69) is 48.8 Å². The molecule has 4 rings (SSSR count). The van der Waals surface area contributed by atoms with Gasteiger partial charge in [0.05, 0.1) is 21.1 Å². The molecule has 6 nitrogen and oxygen atoms in total. The lowest BCUT2D eigenvalue weighted by molar-refractivity contribution is -0.130. The van der Waals surface area contributed by atoms with Crippen molar-refractivity contribution in [1.29, 1.82) is 0 Å². The first-order valence-corrected chi connectivity index (χ1v) is 16.1. The van der Waals surface area contributed by atoms with Crippen LogP contribution in [0.2, 0.25) is 0 Å². The van der Waals surface area contributed by atoms with E-state index < -0.39 is 5.92 Å². The Labute approximate surface area is 244 Å². The van der Waals surface area contributed by atoms with Crippen LogP contribution in [-0.4, -0.2) is 53.0 Å². The Morgan fingerprint density at radius 2 is 1.82 bits per heavy atom. The summed E-state index contributed by atoms with van der Waals surface area (Å²) in [6.07, 6.45) is 9.74. The maximum Gasteiger partial charge on any atom is 0.224 e. The van der Waals surface area contributed by atoms with E-state index in [1.54, 1.807) is 18.3 Å². The highest BCUT2D eigenvalue weighted by Gasteiger charge is 2.30. The zero-order chi connectivity index (χ0) is 28.6. The number of carbonyl (C=O) groups excluding carboxylic acids is 3. The Bertz CT molecular complexity index is 1190. The first kappa shape index (κ1) is 30.6. The van der Waals surface area contributed by atoms with Crippen molar-refractivity contribution in [3.63, 3.8) is 0 Å².